The third-order valence-electron chi connectivity index (χ3n) is 4.09. The fourth-order valence-electron chi connectivity index (χ4n) is 2.83. The predicted octanol–water partition coefficient (Wildman–Crippen LogP) is 6.75. The van der Waals surface area contributed by atoms with E-state index in [1.807, 2.05) is 30.3 Å². The second-order valence-electron chi connectivity index (χ2n) is 5.75. The Labute approximate surface area is 147 Å². The molecule has 0 aliphatic rings. The zero-order valence-corrected chi connectivity index (χ0v) is 14.5. The molecule has 0 saturated heterocycles. The maximum Gasteiger partial charge on any atom is 0.0412 e. The number of benzene rings is 3. The number of rotatable bonds is 4. The van der Waals surface area contributed by atoms with Gasteiger partial charge in [-0.1, -0.05) is 65.7 Å². The lowest BCUT2D eigenvalue weighted by atomic mass is 9.93. The van der Waals surface area contributed by atoms with Crippen LogP contribution in [0.5, 0.6) is 0 Å². The Morgan fingerprint density at radius 2 is 1.35 bits per heavy atom. The molecule has 0 spiro atoms. The predicted molar refractivity (Wildman–Crippen MR) is 100 cm³/mol. The molecule has 0 saturated carbocycles. The van der Waals surface area contributed by atoms with Gasteiger partial charge in [0.15, 0.2) is 0 Å². The zero-order valence-electron chi connectivity index (χ0n) is 13.0. The van der Waals surface area contributed by atoms with Crippen LogP contribution in [0.25, 0.3) is 11.1 Å². The highest BCUT2D eigenvalue weighted by molar-refractivity contribution is 6.31. The van der Waals surface area contributed by atoms with E-state index in [1.165, 1.54) is 22.3 Å². The monoisotopic (exact) mass is 340 g/mol. The van der Waals surface area contributed by atoms with Crippen LogP contribution in [0.4, 0.5) is 0 Å². The molecule has 0 heterocycles. The van der Waals surface area contributed by atoms with Crippen LogP contribution in [-0.2, 0) is 12.8 Å². The SMILES string of the molecule is Cc1ccc(Cl)cc1-c1cc(Cl)ccc1CCc1ccccc1. The van der Waals surface area contributed by atoms with E-state index in [4.69, 9.17) is 23.2 Å². The molecule has 0 fully saturated rings. The topological polar surface area (TPSA) is 0 Å². The van der Waals surface area contributed by atoms with E-state index < -0.39 is 0 Å². The van der Waals surface area contributed by atoms with Crippen molar-refractivity contribution in [2.75, 3.05) is 0 Å². The Bertz CT molecular complexity index is 807. The molecule has 0 aromatic heterocycles. The van der Waals surface area contributed by atoms with E-state index in [9.17, 15) is 0 Å². The summed E-state index contributed by atoms with van der Waals surface area (Å²) in [5, 5.41) is 1.50. The van der Waals surface area contributed by atoms with Crippen molar-refractivity contribution in [3.05, 3.63) is 93.5 Å². The Morgan fingerprint density at radius 3 is 2.09 bits per heavy atom. The quantitative estimate of drug-likeness (QED) is 0.492. The lowest BCUT2D eigenvalue weighted by Gasteiger charge is -2.13. The summed E-state index contributed by atoms with van der Waals surface area (Å²) in [5.74, 6) is 0. The molecule has 23 heavy (non-hydrogen) atoms. The van der Waals surface area contributed by atoms with Gasteiger partial charge >= 0.3 is 0 Å². The minimum absolute atomic E-state index is 0.750. The van der Waals surface area contributed by atoms with Gasteiger partial charge in [-0.3, -0.25) is 0 Å². The number of hydrogen-bond donors (Lipinski definition) is 0. The van der Waals surface area contributed by atoms with Gasteiger partial charge < -0.3 is 0 Å². The Morgan fingerprint density at radius 1 is 0.696 bits per heavy atom. The summed E-state index contributed by atoms with van der Waals surface area (Å²) in [5.41, 5.74) is 6.17. The smallest absolute Gasteiger partial charge is 0.0412 e. The van der Waals surface area contributed by atoms with Gasteiger partial charge in [0.05, 0.1) is 0 Å². The molecule has 0 aliphatic carbocycles. The largest absolute Gasteiger partial charge is 0.0843 e. The molecule has 0 nitrogen and oxygen atoms in total. The van der Waals surface area contributed by atoms with Gasteiger partial charge in [-0.05, 0) is 71.8 Å². The molecule has 0 atom stereocenters. The molecule has 0 N–H and O–H groups in total. The lowest BCUT2D eigenvalue weighted by molar-refractivity contribution is 0.962. The van der Waals surface area contributed by atoms with E-state index >= 15 is 0 Å². The second-order valence-corrected chi connectivity index (χ2v) is 6.62. The molecule has 0 aliphatic heterocycles. The van der Waals surface area contributed by atoms with Gasteiger partial charge in [-0.15, -0.1) is 0 Å². The van der Waals surface area contributed by atoms with Gasteiger partial charge in [-0.25, -0.2) is 0 Å². The van der Waals surface area contributed by atoms with Crippen molar-refractivity contribution in [1.29, 1.82) is 0 Å². The van der Waals surface area contributed by atoms with E-state index in [0.717, 1.165) is 28.5 Å². The average Bonchev–Trinajstić information content (AvgIpc) is 2.57. The van der Waals surface area contributed by atoms with Gasteiger partial charge in [0.2, 0.25) is 0 Å². The van der Waals surface area contributed by atoms with Crippen LogP contribution < -0.4 is 0 Å². The van der Waals surface area contributed by atoms with Crippen LogP contribution in [0.3, 0.4) is 0 Å². The Balaban J connectivity index is 1.96. The first-order valence-electron chi connectivity index (χ1n) is 7.72. The summed E-state index contributed by atoms with van der Waals surface area (Å²) in [6.07, 6.45) is 1.98. The molecule has 0 unspecified atom stereocenters. The van der Waals surface area contributed by atoms with Crippen LogP contribution in [0.2, 0.25) is 10.0 Å². The van der Waals surface area contributed by atoms with E-state index in [1.54, 1.807) is 0 Å². The first-order chi connectivity index (χ1) is 11.1. The molecule has 3 aromatic rings. The second kappa shape index (κ2) is 7.21. The fraction of sp³-hybridized carbons (Fsp3) is 0.143. The molecule has 3 aromatic carbocycles. The van der Waals surface area contributed by atoms with Crippen molar-refractivity contribution in [3.63, 3.8) is 0 Å². The minimum atomic E-state index is 0.750. The number of halogens is 2. The summed E-state index contributed by atoms with van der Waals surface area (Å²) in [4.78, 5) is 0. The zero-order chi connectivity index (χ0) is 16.2. The summed E-state index contributed by atoms with van der Waals surface area (Å²) >= 11 is 12.4. The summed E-state index contributed by atoms with van der Waals surface area (Å²) in [6.45, 7) is 2.10. The van der Waals surface area contributed by atoms with Gasteiger partial charge in [0.1, 0.15) is 0 Å². The highest BCUT2D eigenvalue weighted by Gasteiger charge is 2.10. The van der Waals surface area contributed by atoms with Crippen LogP contribution in [0.15, 0.2) is 66.7 Å². The maximum atomic E-state index is 6.24. The highest BCUT2D eigenvalue weighted by Crippen LogP contribution is 2.32. The van der Waals surface area contributed by atoms with Crippen molar-refractivity contribution in [3.8, 4) is 11.1 Å². The molecule has 0 amide bonds. The van der Waals surface area contributed by atoms with Crippen LogP contribution in [-0.4, -0.2) is 0 Å². The Hall–Kier alpha value is -1.76. The molecular weight excluding hydrogens is 323 g/mol. The third-order valence-corrected chi connectivity index (χ3v) is 4.56. The molecule has 116 valence electrons. The number of aryl methyl sites for hydroxylation is 3. The fourth-order valence-corrected chi connectivity index (χ4v) is 3.17. The third kappa shape index (κ3) is 3.96. The number of hydrogen-bond acceptors (Lipinski definition) is 0. The van der Waals surface area contributed by atoms with Crippen molar-refractivity contribution < 1.29 is 0 Å². The van der Waals surface area contributed by atoms with Gasteiger partial charge in [0, 0.05) is 10.0 Å². The molecular formula is C21H18Cl2. The molecule has 2 heteroatoms. The van der Waals surface area contributed by atoms with Crippen LogP contribution in [0, 0.1) is 6.92 Å². The standard InChI is InChI=1S/C21H18Cl2/c1-15-7-11-18(22)13-20(15)21-14-19(23)12-10-17(21)9-8-16-5-3-2-4-6-16/h2-7,10-14H,8-9H2,1H3. The van der Waals surface area contributed by atoms with Crippen molar-refractivity contribution >= 4 is 23.2 Å². The van der Waals surface area contributed by atoms with Crippen molar-refractivity contribution in [2.45, 2.75) is 19.8 Å². The summed E-state index contributed by atoms with van der Waals surface area (Å²) in [6, 6.07) is 22.7. The van der Waals surface area contributed by atoms with E-state index in [0.29, 0.717) is 0 Å². The van der Waals surface area contributed by atoms with Crippen LogP contribution >= 0.6 is 23.2 Å². The highest BCUT2D eigenvalue weighted by atomic mass is 35.5. The normalized spacial score (nSPS) is 10.7. The first-order valence-corrected chi connectivity index (χ1v) is 8.48. The van der Waals surface area contributed by atoms with E-state index in [2.05, 4.69) is 43.3 Å². The van der Waals surface area contributed by atoms with E-state index in [-0.39, 0.29) is 0 Å². The molecule has 3 rings (SSSR count). The van der Waals surface area contributed by atoms with Gasteiger partial charge in [0.25, 0.3) is 0 Å². The Kier molecular flexibility index (Phi) is 5.05. The average molecular weight is 341 g/mol. The van der Waals surface area contributed by atoms with Gasteiger partial charge in [-0.2, -0.15) is 0 Å². The minimum Gasteiger partial charge on any atom is -0.0843 e. The lowest BCUT2D eigenvalue weighted by Crippen LogP contribution is -1.96. The molecule has 0 bridgehead atoms. The van der Waals surface area contributed by atoms with Crippen molar-refractivity contribution in [2.24, 2.45) is 0 Å². The van der Waals surface area contributed by atoms with Crippen molar-refractivity contribution in [1.82, 2.24) is 0 Å². The first kappa shape index (κ1) is 16.1. The summed E-state index contributed by atoms with van der Waals surface area (Å²) < 4.78 is 0. The van der Waals surface area contributed by atoms with Crippen LogP contribution in [0.1, 0.15) is 16.7 Å². The summed E-state index contributed by atoms with van der Waals surface area (Å²) in [7, 11) is 0. The maximum absolute atomic E-state index is 6.24. The molecule has 0 radical (unpaired) electrons.